The molecule has 0 fully saturated rings. The maximum absolute atomic E-state index is 11.8. The molecule has 1 unspecified atom stereocenters. The van der Waals surface area contributed by atoms with Gasteiger partial charge in [-0.15, -0.1) is 0 Å². The molecule has 21 heavy (non-hydrogen) atoms. The van der Waals surface area contributed by atoms with E-state index in [1.165, 1.54) is 12.3 Å². The van der Waals surface area contributed by atoms with Crippen molar-refractivity contribution in [3.8, 4) is 11.5 Å². The summed E-state index contributed by atoms with van der Waals surface area (Å²) in [5, 5.41) is 4.52. The molecule has 2 heterocycles. The molecular formula is C13H13Cl2N3O3. The molecule has 2 aromatic heterocycles. The van der Waals surface area contributed by atoms with Crippen LogP contribution in [0.2, 0.25) is 10.0 Å². The maximum Gasteiger partial charge on any atom is 0.318 e. The standard InChI is InChI=1S/C13H13Cl2N3O3/c1-3-8(13(19)20-4-2)12-17-11(18-21-12)10-9(15)5-7(14)6-16-10/h5-6,8H,3-4H2,1-2H3. The molecule has 6 nitrogen and oxygen atoms in total. The number of aromatic nitrogens is 3. The zero-order chi connectivity index (χ0) is 15.4. The van der Waals surface area contributed by atoms with E-state index < -0.39 is 11.9 Å². The van der Waals surface area contributed by atoms with E-state index in [1.807, 2.05) is 6.92 Å². The molecule has 0 aromatic carbocycles. The molecule has 0 saturated heterocycles. The fraction of sp³-hybridized carbons (Fsp3) is 0.385. The fourth-order valence-electron chi connectivity index (χ4n) is 1.74. The van der Waals surface area contributed by atoms with Crippen LogP contribution in [0.3, 0.4) is 0 Å². The van der Waals surface area contributed by atoms with Crippen molar-refractivity contribution < 1.29 is 14.1 Å². The molecule has 0 spiro atoms. The van der Waals surface area contributed by atoms with Crippen molar-refractivity contribution in [3.63, 3.8) is 0 Å². The third kappa shape index (κ3) is 3.51. The van der Waals surface area contributed by atoms with Crippen LogP contribution in [0.4, 0.5) is 0 Å². The van der Waals surface area contributed by atoms with Crippen molar-refractivity contribution in [3.05, 3.63) is 28.2 Å². The average molecular weight is 330 g/mol. The predicted molar refractivity (Wildman–Crippen MR) is 77.2 cm³/mol. The lowest BCUT2D eigenvalue weighted by atomic mass is 10.1. The molecule has 112 valence electrons. The molecule has 2 rings (SSSR count). The highest BCUT2D eigenvalue weighted by atomic mass is 35.5. The molecule has 0 bridgehead atoms. The molecule has 0 amide bonds. The van der Waals surface area contributed by atoms with Crippen molar-refractivity contribution >= 4 is 29.2 Å². The van der Waals surface area contributed by atoms with Gasteiger partial charge >= 0.3 is 5.97 Å². The minimum absolute atomic E-state index is 0.179. The van der Waals surface area contributed by atoms with Crippen LogP contribution < -0.4 is 0 Å². The average Bonchev–Trinajstić information content (AvgIpc) is 2.89. The monoisotopic (exact) mass is 329 g/mol. The summed E-state index contributed by atoms with van der Waals surface area (Å²) in [5.74, 6) is -0.615. The third-order valence-electron chi connectivity index (χ3n) is 2.74. The first-order chi connectivity index (χ1) is 10.1. The summed E-state index contributed by atoms with van der Waals surface area (Å²) < 4.78 is 10.1. The van der Waals surface area contributed by atoms with Crippen LogP contribution in [-0.2, 0) is 9.53 Å². The van der Waals surface area contributed by atoms with Crippen LogP contribution in [-0.4, -0.2) is 27.7 Å². The number of ether oxygens (including phenoxy) is 1. The third-order valence-corrected chi connectivity index (χ3v) is 3.23. The van der Waals surface area contributed by atoms with E-state index in [0.29, 0.717) is 28.8 Å². The van der Waals surface area contributed by atoms with E-state index >= 15 is 0 Å². The Hall–Kier alpha value is -1.66. The van der Waals surface area contributed by atoms with Gasteiger partial charge in [0.1, 0.15) is 11.6 Å². The van der Waals surface area contributed by atoms with E-state index in [9.17, 15) is 4.79 Å². The zero-order valence-electron chi connectivity index (χ0n) is 11.5. The molecule has 0 N–H and O–H groups in total. The Morgan fingerprint density at radius 1 is 1.43 bits per heavy atom. The van der Waals surface area contributed by atoms with Gasteiger partial charge in [-0.3, -0.25) is 4.79 Å². The van der Waals surface area contributed by atoms with Crippen LogP contribution in [0.15, 0.2) is 16.8 Å². The first kappa shape index (κ1) is 15.7. The van der Waals surface area contributed by atoms with E-state index in [-0.39, 0.29) is 11.7 Å². The molecule has 0 aliphatic carbocycles. The van der Waals surface area contributed by atoms with Crippen molar-refractivity contribution in [2.75, 3.05) is 6.61 Å². The lowest BCUT2D eigenvalue weighted by molar-refractivity contribution is -0.145. The number of pyridine rings is 1. The number of esters is 1. The first-order valence-electron chi connectivity index (χ1n) is 6.38. The van der Waals surface area contributed by atoms with E-state index in [4.69, 9.17) is 32.5 Å². The number of rotatable bonds is 5. The molecule has 1 atom stereocenters. The van der Waals surface area contributed by atoms with E-state index in [2.05, 4.69) is 15.1 Å². The van der Waals surface area contributed by atoms with Crippen LogP contribution in [0, 0.1) is 0 Å². The topological polar surface area (TPSA) is 78.1 Å². The van der Waals surface area contributed by atoms with Gasteiger partial charge in [-0.05, 0) is 19.4 Å². The fourth-order valence-corrected chi connectivity index (χ4v) is 2.20. The summed E-state index contributed by atoms with van der Waals surface area (Å²) in [6, 6.07) is 1.53. The molecular weight excluding hydrogens is 317 g/mol. The Morgan fingerprint density at radius 2 is 2.19 bits per heavy atom. The van der Waals surface area contributed by atoms with Gasteiger partial charge in [0.05, 0.1) is 16.7 Å². The lowest BCUT2D eigenvalue weighted by Gasteiger charge is -2.08. The predicted octanol–water partition coefficient (Wildman–Crippen LogP) is 3.50. The highest BCUT2D eigenvalue weighted by Crippen LogP contribution is 2.28. The summed E-state index contributed by atoms with van der Waals surface area (Å²) in [7, 11) is 0. The van der Waals surface area contributed by atoms with Gasteiger partial charge in [-0.2, -0.15) is 4.98 Å². The van der Waals surface area contributed by atoms with Crippen LogP contribution in [0.5, 0.6) is 0 Å². The van der Waals surface area contributed by atoms with Gasteiger partial charge in [0.25, 0.3) is 0 Å². The summed E-state index contributed by atoms with van der Waals surface area (Å²) in [5.41, 5.74) is 0.342. The van der Waals surface area contributed by atoms with Gasteiger partial charge in [0.2, 0.25) is 11.7 Å². The Balaban J connectivity index is 2.30. The van der Waals surface area contributed by atoms with Crippen LogP contribution in [0.1, 0.15) is 32.1 Å². The number of hydrogen-bond acceptors (Lipinski definition) is 6. The summed E-state index contributed by atoms with van der Waals surface area (Å²) in [4.78, 5) is 20.1. The number of carbonyl (C=O) groups is 1. The largest absolute Gasteiger partial charge is 0.465 e. The second-order valence-electron chi connectivity index (χ2n) is 4.15. The SMILES string of the molecule is CCOC(=O)C(CC)c1nc(-c2ncc(Cl)cc2Cl)no1. The normalized spacial score (nSPS) is 12.2. The lowest BCUT2D eigenvalue weighted by Crippen LogP contribution is -2.15. The molecule has 0 aliphatic heterocycles. The van der Waals surface area contributed by atoms with E-state index in [1.54, 1.807) is 6.92 Å². The van der Waals surface area contributed by atoms with Crippen molar-refractivity contribution in [2.24, 2.45) is 0 Å². The van der Waals surface area contributed by atoms with Crippen LogP contribution in [0.25, 0.3) is 11.5 Å². The summed E-state index contributed by atoms with van der Waals surface area (Å²) in [6.07, 6.45) is 1.92. The quantitative estimate of drug-likeness (QED) is 0.781. The van der Waals surface area contributed by atoms with Gasteiger partial charge in [0.15, 0.2) is 0 Å². The second-order valence-corrected chi connectivity index (χ2v) is 5.00. The molecule has 0 radical (unpaired) electrons. The maximum atomic E-state index is 11.8. The number of hydrogen-bond donors (Lipinski definition) is 0. The van der Waals surface area contributed by atoms with Gasteiger partial charge in [-0.1, -0.05) is 35.3 Å². The molecule has 2 aromatic rings. The minimum atomic E-state index is -0.600. The van der Waals surface area contributed by atoms with Crippen molar-refractivity contribution in [2.45, 2.75) is 26.2 Å². The number of nitrogens with zero attached hydrogens (tertiary/aromatic N) is 3. The van der Waals surface area contributed by atoms with Crippen LogP contribution >= 0.6 is 23.2 Å². The minimum Gasteiger partial charge on any atom is -0.465 e. The van der Waals surface area contributed by atoms with E-state index in [0.717, 1.165) is 0 Å². The van der Waals surface area contributed by atoms with Crippen molar-refractivity contribution in [1.29, 1.82) is 0 Å². The summed E-state index contributed by atoms with van der Waals surface area (Å²) in [6.45, 7) is 3.86. The Kier molecular flexibility index (Phi) is 5.14. The van der Waals surface area contributed by atoms with Gasteiger partial charge in [-0.25, -0.2) is 4.98 Å². The highest BCUT2D eigenvalue weighted by Gasteiger charge is 2.27. The molecule has 8 heteroatoms. The Morgan fingerprint density at radius 3 is 2.81 bits per heavy atom. The Labute approximate surface area is 131 Å². The second kappa shape index (κ2) is 6.87. The summed E-state index contributed by atoms with van der Waals surface area (Å²) >= 11 is 11.8. The number of halogens is 2. The molecule has 0 aliphatic rings. The Bertz CT molecular complexity index is 645. The van der Waals surface area contributed by atoms with Crippen molar-refractivity contribution in [1.82, 2.24) is 15.1 Å². The first-order valence-corrected chi connectivity index (χ1v) is 7.14. The zero-order valence-corrected chi connectivity index (χ0v) is 13.0. The number of carbonyl (C=O) groups excluding carboxylic acids is 1. The molecule has 0 saturated carbocycles. The van der Waals surface area contributed by atoms with Gasteiger partial charge < -0.3 is 9.26 Å². The van der Waals surface area contributed by atoms with Gasteiger partial charge in [0, 0.05) is 6.20 Å². The highest BCUT2D eigenvalue weighted by molar-refractivity contribution is 6.35. The smallest absolute Gasteiger partial charge is 0.318 e.